The Balaban J connectivity index is 1.40. The fourth-order valence-electron chi connectivity index (χ4n) is 3.69. The SMILES string of the molecule is CN(CC(=O)N1CCN(c2ccc(F)cc2)CC1)S(=O)(=O)c1cc2c(cc1Cl)NC(=O)CO2. The molecule has 12 heteroatoms. The molecule has 1 saturated heterocycles. The molecule has 4 rings (SSSR count). The first-order chi connectivity index (χ1) is 15.6. The maximum Gasteiger partial charge on any atom is 0.262 e. The summed E-state index contributed by atoms with van der Waals surface area (Å²) in [5.74, 6) is -0.824. The van der Waals surface area contributed by atoms with Crippen molar-refractivity contribution in [2.24, 2.45) is 0 Å². The number of hydrogen-bond donors (Lipinski definition) is 1. The lowest BCUT2D eigenvalue weighted by Gasteiger charge is -2.36. The minimum absolute atomic E-state index is 0.0910. The average Bonchev–Trinajstić information content (AvgIpc) is 2.79. The van der Waals surface area contributed by atoms with Crippen LogP contribution in [-0.2, 0) is 19.6 Å². The number of nitrogens with one attached hydrogen (secondary N) is 1. The van der Waals surface area contributed by atoms with Gasteiger partial charge < -0.3 is 19.9 Å². The second-order valence-electron chi connectivity index (χ2n) is 7.72. The topological polar surface area (TPSA) is 99.3 Å². The number of benzene rings is 2. The van der Waals surface area contributed by atoms with Crippen molar-refractivity contribution in [3.05, 3.63) is 47.2 Å². The third kappa shape index (κ3) is 4.90. The predicted molar refractivity (Wildman–Crippen MR) is 121 cm³/mol. The van der Waals surface area contributed by atoms with Gasteiger partial charge in [-0.1, -0.05) is 11.6 Å². The number of nitrogens with zero attached hydrogens (tertiary/aromatic N) is 3. The highest BCUT2D eigenvalue weighted by molar-refractivity contribution is 7.89. The highest BCUT2D eigenvalue weighted by Crippen LogP contribution is 2.36. The van der Waals surface area contributed by atoms with Crippen molar-refractivity contribution in [1.29, 1.82) is 0 Å². The van der Waals surface area contributed by atoms with E-state index in [4.69, 9.17) is 16.3 Å². The van der Waals surface area contributed by atoms with Gasteiger partial charge in [0.25, 0.3) is 5.91 Å². The molecule has 0 aromatic heterocycles. The summed E-state index contributed by atoms with van der Waals surface area (Å²) >= 11 is 6.17. The molecule has 33 heavy (non-hydrogen) atoms. The zero-order valence-corrected chi connectivity index (χ0v) is 19.3. The lowest BCUT2D eigenvalue weighted by atomic mass is 10.2. The fourth-order valence-corrected chi connectivity index (χ4v) is 5.32. The normalized spacial score (nSPS) is 16.3. The molecule has 2 aromatic carbocycles. The highest BCUT2D eigenvalue weighted by atomic mass is 35.5. The molecule has 0 radical (unpaired) electrons. The van der Waals surface area contributed by atoms with Crippen molar-refractivity contribution in [1.82, 2.24) is 9.21 Å². The molecule has 0 saturated carbocycles. The molecule has 0 unspecified atom stereocenters. The second-order valence-corrected chi connectivity index (χ2v) is 10.1. The number of carbonyl (C=O) groups is 2. The van der Waals surface area contributed by atoms with E-state index in [0.29, 0.717) is 26.2 Å². The van der Waals surface area contributed by atoms with Gasteiger partial charge in [-0.25, -0.2) is 12.8 Å². The lowest BCUT2D eigenvalue weighted by molar-refractivity contribution is -0.131. The first-order valence-electron chi connectivity index (χ1n) is 10.2. The Bertz CT molecular complexity index is 1180. The number of piperazine rings is 1. The summed E-state index contributed by atoms with van der Waals surface area (Å²) in [6.45, 7) is 1.34. The quantitative estimate of drug-likeness (QED) is 0.677. The number of carbonyl (C=O) groups excluding carboxylic acids is 2. The number of hydrogen-bond acceptors (Lipinski definition) is 6. The predicted octanol–water partition coefficient (Wildman–Crippen LogP) is 1.78. The van der Waals surface area contributed by atoms with E-state index in [1.807, 2.05) is 4.90 Å². The highest BCUT2D eigenvalue weighted by Gasteiger charge is 2.30. The summed E-state index contributed by atoms with van der Waals surface area (Å²) in [6.07, 6.45) is 0. The van der Waals surface area contributed by atoms with Crippen molar-refractivity contribution < 1.29 is 27.1 Å². The largest absolute Gasteiger partial charge is 0.482 e. The van der Waals surface area contributed by atoms with Gasteiger partial charge in [-0.05, 0) is 30.3 Å². The molecule has 0 spiro atoms. The van der Waals surface area contributed by atoms with E-state index in [-0.39, 0.29) is 52.1 Å². The van der Waals surface area contributed by atoms with E-state index in [1.54, 1.807) is 17.0 Å². The summed E-state index contributed by atoms with van der Waals surface area (Å²) in [7, 11) is -2.79. The molecule has 0 atom stereocenters. The van der Waals surface area contributed by atoms with E-state index < -0.39 is 10.0 Å². The number of sulfonamides is 1. The first kappa shape index (κ1) is 23.3. The Morgan fingerprint density at radius 2 is 1.85 bits per heavy atom. The van der Waals surface area contributed by atoms with Gasteiger partial charge in [-0.3, -0.25) is 9.59 Å². The summed E-state index contributed by atoms with van der Waals surface area (Å²) in [4.78, 5) is 27.6. The van der Waals surface area contributed by atoms with Crippen molar-refractivity contribution in [3.63, 3.8) is 0 Å². The number of ether oxygens (including phenoxy) is 1. The van der Waals surface area contributed by atoms with Crippen LogP contribution in [0.25, 0.3) is 0 Å². The third-order valence-electron chi connectivity index (χ3n) is 5.54. The summed E-state index contributed by atoms with van der Waals surface area (Å²) in [5, 5.41) is 2.47. The summed E-state index contributed by atoms with van der Waals surface area (Å²) < 4.78 is 45.5. The third-order valence-corrected chi connectivity index (χ3v) is 7.81. The van der Waals surface area contributed by atoms with Crippen molar-refractivity contribution in [2.45, 2.75) is 4.90 Å². The molecule has 9 nitrogen and oxygen atoms in total. The maximum atomic E-state index is 13.1. The van der Waals surface area contributed by atoms with Crippen LogP contribution in [0.4, 0.5) is 15.8 Å². The zero-order valence-electron chi connectivity index (χ0n) is 17.8. The van der Waals surface area contributed by atoms with Gasteiger partial charge in [-0.2, -0.15) is 4.31 Å². The number of anilines is 2. The molecular formula is C21H22ClFN4O5S. The second kappa shape index (κ2) is 9.16. The average molecular weight is 497 g/mol. The maximum absolute atomic E-state index is 13.1. The van der Waals surface area contributed by atoms with Crippen molar-refractivity contribution in [2.75, 3.05) is 56.6 Å². The molecule has 0 aliphatic carbocycles. The van der Waals surface area contributed by atoms with Crippen LogP contribution in [0.5, 0.6) is 5.75 Å². The van der Waals surface area contributed by atoms with Crippen LogP contribution in [0, 0.1) is 5.82 Å². The van der Waals surface area contributed by atoms with Crippen LogP contribution in [0.2, 0.25) is 5.02 Å². The standard InChI is InChI=1S/C21H22ClFN4O5S/c1-25(33(30,31)19-11-18-17(10-16(19)22)24-20(28)13-32-18)12-21(29)27-8-6-26(7-9-27)15-4-2-14(23)3-5-15/h2-5,10-11H,6-9,12-13H2,1H3,(H,24,28). The van der Waals surface area contributed by atoms with Crippen LogP contribution in [0.1, 0.15) is 0 Å². The Hall–Kier alpha value is -2.89. The van der Waals surface area contributed by atoms with Crippen molar-refractivity contribution >= 4 is 44.8 Å². The van der Waals surface area contributed by atoms with Gasteiger partial charge in [-0.15, -0.1) is 0 Å². The minimum Gasteiger partial charge on any atom is -0.482 e. The Labute approximate surface area is 195 Å². The van der Waals surface area contributed by atoms with Crippen LogP contribution in [-0.4, -0.2) is 75.8 Å². The Morgan fingerprint density at radius 3 is 2.52 bits per heavy atom. The van der Waals surface area contributed by atoms with E-state index in [1.165, 1.54) is 31.3 Å². The van der Waals surface area contributed by atoms with Crippen LogP contribution < -0.4 is 15.0 Å². The zero-order chi connectivity index (χ0) is 23.8. The molecule has 1 fully saturated rings. The molecule has 1 N–H and O–H groups in total. The van der Waals surface area contributed by atoms with E-state index in [0.717, 1.165) is 9.99 Å². The first-order valence-corrected chi connectivity index (χ1v) is 12.0. The van der Waals surface area contributed by atoms with Crippen LogP contribution in [0.15, 0.2) is 41.3 Å². The molecule has 2 amide bonds. The molecule has 0 bridgehead atoms. The minimum atomic E-state index is -4.09. The molecule has 176 valence electrons. The molecular weight excluding hydrogens is 475 g/mol. The van der Waals surface area contributed by atoms with Gasteiger partial charge in [0.15, 0.2) is 6.61 Å². The van der Waals surface area contributed by atoms with Gasteiger partial charge in [0.05, 0.1) is 17.3 Å². The van der Waals surface area contributed by atoms with Gasteiger partial charge in [0.2, 0.25) is 15.9 Å². The van der Waals surface area contributed by atoms with Crippen LogP contribution >= 0.6 is 11.6 Å². The fraction of sp³-hybridized carbons (Fsp3) is 0.333. The van der Waals surface area contributed by atoms with Crippen LogP contribution in [0.3, 0.4) is 0 Å². The van der Waals surface area contributed by atoms with E-state index >= 15 is 0 Å². The molecule has 2 aliphatic rings. The van der Waals surface area contributed by atoms with Crippen molar-refractivity contribution in [3.8, 4) is 5.75 Å². The Kier molecular flexibility index (Phi) is 6.46. The lowest BCUT2D eigenvalue weighted by Crippen LogP contribution is -2.51. The molecule has 2 aromatic rings. The number of fused-ring (bicyclic) bond motifs is 1. The van der Waals surface area contributed by atoms with Gasteiger partial charge in [0.1, 0.15) is 16.5 Å². The summed E-state index contributed by atoms with van der Waals surface area (Å²) in [5.41, 5.74) is 1.15. The molecule has 2 heterocycles. The number of halogens is 2. The monoisotopic (exact) mass is 496 g/mol. The number of amides is 2. The number of likely N-dealkylation sites (N-methyl/N-ethyl adjacent to an activating group) is 1. The van der Waals surface area contributed by atoms with E-state index in [2.05, 4.69) is 5.32 Å². The smallest absolute Gasteiger partial charge is 0.262 e. The number of rotatable bonds is 5. The molecule has 2 aliphatic heterocycles. The van der Waals surface area contributed by atoms with Gasteiger partial charge in [0, 0.05) is 45.0 Å². The Morgan fingerprint density at radius 1 is 1.18 bits per heavy atom. The van der Waals surface area contributed by atoms with Gasteiger partial charge >= 0.3 is 0 Å². The summed E-state index contributed by atoms with van der Waals surface area (Å²) in [6, 6.07) is 8.70. The van der Waals surface area contributed by atoms with E-state index in [9.17, 15) is 22.4 Å².